The molecule has 0 N–H and O–H groups in total. The van der Waals surface area contributed by atoms with Crippen LogP contribution >= 0.6 is 23.5 Å². The first kappa shape index (κ1) is 14.8. The van der Waals surface area contributed by atoms with E-state index in [9.17, 15) is 4.79 Å². The summed E-state index contributed by atoms with van der Waals surface area (Å²) in [5, 5.41) is 0.222. The van der Waals surface area contributed by atoms with Crippen molar-refractivity contribution in [2.45, 2.75) is 37.0 Å². The highest BCUT2D eigenvalue weighted by Gasteiger charge is 2.31. The van der Waals surface area contributed by atoms with E-state index < -0.39 is 0 Å². The highest BCUT2D eigenvalue weighted by Crippen LogP contribution is 2.39. The van der Waals surface area contributed by atoms with Gasteiger partial charge < -0.3 is 4.90 Å². The standard InChI is InChI=1S/C15H21NOS2/c1-3-5-10-16-14(17)11-19-15(16)12-6-8-13(9-7-12)18-4-2/h6-9,15H,3-5,10-11H2,1-2H3. The molecule has 2 rings (SSSR count). The molecular weight excluding hydrogens is 274 g/mol. The fraction of sp³-hybridized carbons (Fsp3) is 0.533. The van der Waals surface area contributed by atoms with E-state index >= 15 is 0 Å². The summed E-state index contributed by atoms with van der Waals surface area (Å²) in [6.45, 7) is 5.22. The van der Waals surface area contributed by atoms with Gasteiger partial charge in [0.2, 0.25) is 5.91 Å². The predicted molar refractivity (Wildman–Crippen MR) is 84.7 cm³/mol. The van der Waals surface area contributed by atoms with Gasteiger partial charge in [-0.3, -0.25) is 4.79 Å². The molecule has 0 aromatic heterocycles. The van der Waals surface area contributed by atoms with Gasteiger partial charge in [0.1, 0.15) is 5.37 Å². The molecular formula is C15H21NOS2. The summed E-state index contributed by atoms with van der Waals surface area (Å²) in [4.78, 5) is 15.3. The van der Waals surface area contributed by atoms with E-state index in [1.54, 1.807) is 11.8 Å². The molecule has 0 radical (unpaired) electrons. The first-order chi connectivity index (χ1) is 9.26. The van der Waals surface area contributed by atoms with Crippen molar-refractivity contribution in [1.29, 1.82) is 0 Å². The average molecular weight is 295 g/mol. The zero-order valence-corrected chi connectivity index (χ0v) is 13.2. The molecule has 1 heterocycles. The average Bonchev–Trinajstić information content (AvgIpc) is 2.79. The minimum Gasteiger partial charge on any atom is -0.326 e. The second-order valence-electron chi connectivity index (χ2n) is 4.61. The number of hydrogen-bond acceptors (Lipinski definition) is 3. The zero-order valence-electron chi connectivity index (χ0n) is 11.6. The second kappa shape index (κ2) is 7.25. The number of carbonyl (C=O) groups is 1. The fourth-order valence-corrected chi connectivity index (χ4v) is 4.08. The van der Waals surface area contributed by atoms with Crippen LogP contribution in [0.4, 0.5) is 0 Å². The van der Waals surface area contributed by atoms with Crippen LogP contribution in [0.1, 0.15) is 37.6 Å². The van der Waals surface area contributed by atoms with E-state index in [0.717, 1.165) is 25.1 Å². The van der Waals surface area contributed by atoms with Crippen molar-refractivity contribution in [1.82, 2.24) is 4.90 Å². The van der Waals surface area contributed by atoms with Crippen LogP contribution in [0.25, 0.3) is 0 Å². The third kappa shape index (κ3) is 3.69. The smallest absolute Gasteiger partial charge is 0.233 e. The first-order valence-corrected chi connectivity index (χ1v) is 8.93. The topological polar surface area (TPSA) is 20.3 Å². The molecule has 0 spiro atoms. The maximum atomic E-state index is 11.9. The summed E-state index contributed by atoms with van der Waals surface area (Å²) in [5.41, 5.74) is 1.26. The molecule has 1 unspecified atom stereocenters. The minimum absolute atomic E-state index is 0.222. The lowest BCUT2D eigenvalue weighted by molar-refractivity contribution is -0.128. The highest BCUT2D eigenvalue weighted by atomic mass is 32.2. The van der Waals surface area contributed by atoms with E-state index in [-0.39, 0.29) is 11.3 Å². The van der Waals surface area contributed by atoms with E-state index in [2.05, 4.69) is 38.1 Å². The Morgan fingerprint density at radius 2 is 2.05 bits per heavy atom. The third-order valence-corrected chi connectivity index (χ3v) is 5.35. The molecule has 1 aliphatic heterocycles. The van der Waals surface area contributed by atoms with Crippen molar-refractivity contribution in [2.75, 3.05) is 18.1 Å². The van der Waals surface area contributed by atoms with Gasteiger partial charge in [0, 0.05) is 11.4 Å². The van der Waals surface area contributed by atoms with E-state index in [0.29, 0.717) is 5.75 Å². The minimum atomic E-state index is 0.222. The predicted octanol–water partition coefficient (Wildman–Crippen LogP) is 4.17. The molecule has 1 fully saturated rings. The Balaban J connectivity index is 2.08. The molecule has 0 saturated carbocycles. The summed E-state index contributed by atoms with van der Waals surface area (Å²) in [7, 11) is 0. The summed E-state index contributed by atoms with van der Waals surface area (Å²) < 4.78 is 0. The zero-order chi connectivity index (χ0) is 13.7. The number of amides is 1. The lowest BCUT2D eigenvalue weighted by Crippen LogP contribution is -2.29. The maximum Gasteiger partial charge on any atom is 0.233 e. The fourth-order valence-electron chi connectivity index (χ4n) is 2.20. The van der Waals surface area contributed by atoms with Crippen molar-refractivity contribution in [3.8, 4) is 0 Å². The third-order valence-electron chi connectivity index (χ3n) is 3.20. The van der Waals surface area contributed by atoms with Gasteiger partial charge in [-0.1, -0.05) is 32.4 Å². The molecule has 1 amide bonds. The Labute approximate surface area is 124 Å². The van der Waals surface area contributed by atoms with Crippen LogP contribution in [0.3, 0.4) is 0 Å². The van der Waals surface area contributed by atoms with Crippen molar-refractivity contribution in [3.63, 3.8) is 0 Å². The van der Waals surface area contributed by atoms with Crippen molar-refractivity contribution in [2.24, 2.45) is 0 Å². The molecule has 4 heteroatoms. The number of thioether (sulfide) groups is 2. The van der Waals surface area contributed by atoms with E-state index in [4.69, 9.17) is 0 Å². The summed E-state index contributed by atoms with van der Waals surface area (Å²) in [5.74, 6) is 2.01. The monoisotopic (exact) mass is 295 g/mol. The summed E-state index contributed by atoms with van der Waals surface area (Å²) >= 11 is 3.61. The van der Waals surface area contributed by atoms with E-state index in [1.807, 2.05) is 16.7 Å². The maximum absolute atomic E-state index is 11.9. The summed E-state index contributed by atoms with van der Waals surface area (Å²) in [6, 6.07) is 8.69. The molecule has 1 atom stereocenters. The Kier molecular flexibility index (Phi) is 5.64. The molecule has 0 bridgehead atoms. The van der Waals surface area contributed by atoms with E-state index in [1.165, 1.54) is 10.5 Å². The first-order valence-electron chi connectivity index (χ1n) is 6.90. The van der Waals surface area contributed by atoms with Crippen molar-refractivity contribution < 1.29 is 4.79 Å². The van der Waals surface area contributed by atoms with Gasteiger partial charge in [-0.2, -0.15) is 0 Å². The second-order valence-corrected chi connectivity index (χ2v) is 7.01. The number of benzene rings is 1. The molecule has 2 nitrogen and oxygen atoms in total. The van der Waals surface area contributed by atoms with Crippen LogP contribution in [-0.4, -0.2) is 28.9 Å². The van der Waals surface area contributed by atoms with Crippen LogP contribution in [0.5, 0.6) is 0 Å². The lowest BCUT2D eigenvalue weighted by Gasteiger charge is -2.24. The number of nitrogens with zero attached hydrogens (tertiary/aromatic N) is 1. The van der Waals surface area contributed by atoms with Gasteiger partial charge in [-0.25, -0.2) is 0 Å². The molecule has 1 saturated heterocycles. The Morgan fingerprint density at radius 3 is 2.68 bits per heavy atom. The van der Waals surface area contributed by atoms with Gasteiger partial charge in [0.15, 0.2) is 0 Å². The van der Waals surface area contributed by atoms with Gasteiger partial charge in [-0.15, -0.1) is 23.5 Å². The van der Waals surface area contributed by atoms with Gasteiger partial charge in [0.05, 0.1) is 5.75 Å². The number of hydrogen-bond donors (Lipinski definition) is 0. The Hall–Kier alpha value is -0.610. The molecule has 19 heavy (non-hydrogen) atoms. The summed E-state index contributed by atoms with van der Waals surface area (Å²) in [6.07, 6.45) is 2.22. The molecule has 0 aliphatic carbocycles. The molecule has 1 aromatic rings. The SMILES string of the molecule is CCCCN1C(=O)CSC1c1ccc(SCC)cc1. The number of carbonyl (C=O) groups excluding carboxylic acids is 1. The highest BCUT2D eigenvalue weighted by molar-refractivity contribution is 8.00. The van der Waals surface area contributed by atoms with Crippen LogP contribution in [0.2, 0.25) is 0 Å². The number of unbranched alkanes of at least 4 members (excludes halogenated alkanes) is 1. The quantitative estimate of drug-likeness (QED) is 0.735. The van der Waals surface area contributed by atoms with Crippen LogP contribution in [0.15, 0.2) is 29.2 Å². The van der Waals surface area contributed by atoms with Gasteiger partial charge >= 0.3 is 0 Å². The van der Waals surface area contributed by atoms with Crippen LogP contribution in [0, 0.1) is 0 Å². The molecule has 1 aliphatic rings. The molecule has 1 aromatic carbocycles. The lowest BCUT2D eigenvalue weighted by atomic mass is 10.2. The normalized spacial score (nSPS) is 19.2. The van der Waals surface area contributed by atoms with Gasteiger partial charge in [0.25, 0.3) is 0 Å². The van der Waals surface area contributed by atoms with Gasteiger partial charge in [-0.05, 0) is 29.9 Å². The Morgan fingerprint density at radius 1 is 1.32 bits per heavy atom. The van der Waals surface area contributed by atoms with Crippen molar-refractivity contribution in [3.05, 3.63) is 29.8 Å². The van der Waals surface area contributed by atoms with Crippen molar-refractivity contribution >= 4 is 29.4 Å². The largest absolute Gasteiger partial charge is 0.326 e. The van der Waals surface area contributed by atoms with Crippen LogP contribution < -0.4 is 0 Å². The molecule has 104 valence electrons. The van der Waals surface area contributed by atoms with Crippen LogP contribution in [-0.2, 0) is 4.79 Å². The Bertz CT molecular complexity index is 419. The number of rotatable bonds is 6.